The van der Waals surface area contributed by atoms with Crippen molar-refractivity contribution in [1.82, 2.24) is 15.2 Å². The Morgan fingerprint density at radius 2 is 2.04 bits per heavy atom. The third kappa shape index (κ3) is 5.02. The molecule has 1 aromatic rings. The summed E-state index contributed by atoms with van der Waals surface area (Å²) in [7, 11) is 0. The first-order valence-corrected chi connectivity index (χ1v) is 9.01. The molecule has 0 fully saturated rings. The number of aliphatic hydroxyl groups excluding tert-OH is 1. The van der Waals surface area contributed by atoms with Crippen LogP contribution in [-0.2, 0) is 0 Å². The molecule has 0 saturated carbocycles. The molecule has 1 aromatic heterocycles. The number of hydrogen-bond acceptors (Lipinski definition) is 6. The molecule has 0 saturated heterocycles. The summed E-state index contributed by atoms with van der Waals surface area (Å²) < 4.78 is 0. The van der Waals surface area contributed by atoms with E-state index >= 15 is 0 Å². The Kier molecular flexibility index (Phi) is 5.53. The molecule has 2 heterocycles. The summed E-state index contributed by atoms with van der Waals surface area (Å²) in [4.78, 5) is 24.2. The average Bonchev–Trinajstić information content (AvgIpc) is 2.86. The smallest absolute Gasteiger partial charge is 0.321 e. The lowest BCUT2D eigenvalue weighted by atomic mass is 10.1. The van der Waals surface area contributed by atoms with Crippen LogP contribution in [0, 0.1) is 6.92 Å². The fourth-order valence-electron chi connectivity index (χ4n) is 2.16. The van der Waals surface area contributed by atoms with Gasteiger partial charge in [0.15, 0.2) is 5.13 Å². The molecule has 0 bridgehead atoms. The monoisotopic (exact) mass is 365 g/mol. The predicted octanol–water partition coefficient (Wildman–Crippen LogP) is 2.72. The Bertz CT molecular complexity index is 700. The Morgan fingerprint density at radius 1 is 1.36 bits per heavy atom. The van der Waals surface area contributed by atoms with Gasteiger partial charge in [-0.25, -0.2) is 9.78 Å². The summed E-state index contributed by atoms with van der Waals surface area (Å²) in [5, 5.41) is 15.2. The van der Waals surface area contributed by atoms with Gasteiger partial charge in [0.05, 0.1) is 28.4 Å². The fourth-order valence-corrected chi connectivity index (χ4v) is 3.11. The number of carbonyl (C=O) groups excluding carboxylic acids is 1. The van der Waals surface area contributed by atoms with Crippen molar-refractivity contribution in [2.45, 2.75) is 52.6 Å². The van der Waals surface area contributed by atoms with Gasteiger partial charge >= 0.3 is 6.03 Å². The fraction of sp³-hybridized carbons (Fsp3) is 0.588. The molecule has 0 atom stereocenters. The molecule has 1 aliphatic heterocycles. The molecule has 8 heteroatoms. The molecule has 0 spiro atoms. The van der Waals surface area contributed by atoms with E-state index in [1.807, 2.05) is 19.2 Å². The lowest BCUT2D eigenvalue weighted by Crippen LogP contribution is -2.48. The number of urea groups is 1. The first-order valence-electron chi connectivity index (χ1n) is 8.19. The number of hydrogen-bond donors (Lipinski definition) is 3. The third-order valence-corrected chi connectivity index (χ3v) is 4.86. The van der Waals surface area contributed by atoms with Crippen LogP contribution in [-0.4, -0.2) is 51.1 Å². The zero-order valence-electron chi connectivity index (χ0n) is 15.7. The number of anilines is 1. The highest BCUT2D eigenvalue weighted by Crippen LogP contribution is 2.26. The number of aryl methyl sites for hydroxylation is 1. The van der Waals surface area contributed by atoms with E-state index in [1.165, 1.54) is 11.3 Å². The highest BCUT2D eigenvalue weighted by molar-refractivity contribution is 7.18. The molecule has 25 heavy (non-hydrogen) atoms. The van der Waals surface area contributed by atoms with E-state index in [0.29, 0.717) is 11.8 Å². The van der Waals surface area contributed by atoms with Gasteiger partial charge in [0, 0.05) is 11.7 Å². The van der Waals surface area contributed by atoms with Gasteiger partial charge < -0.3 is 15.3 Å². The number of aromatic nitrogens is 1. The van der Waals surface area contributed by atoms with Crippen molar-refractivity contribution in [3.05, 3.63) is 22.8 Å². The van der Waals surface area contributed by atoms with Crippen LogP contribution in [0.15, 0.2) is 17.3 Å². The summed E-state index contributed by atoms with van der Waals surface area (Å²) in [5.74, 6) is 0. The van der Waals surface area contributed by atoms with Crippen LogP contribution in [0.3, 0.4) is 0 Å². The van der Waals surface area contributed by atoms with Gasteiger partial charge in [-0.05, 0) is 47.6 Å². The average molecular weight is 366 g/mol. The largest absolute Gasteiger partial charge is 0.394 e. The van der Waals surface area contributed by atoms with Crippen molar-refractivity contribution in [3.8, 4) is 0 Å². The van der Waals surface area contributed by atoms with Crippen LogP contribution in [0.5, 0.6) is 0 Å². The maximum atomic E-state index is 12.0. The Labute approximate surface area is 152 Å². The van der Waals surface area contributed by atoms with Crippen LogP contribution in [0.1, 0.15) is 45.2 Å². The second-order valence-corrected chi connectivity index (χ2v) is 8.69. The summed E-state index contributed by atoms with van der Waals surface area (Å²) in [6, 6.07) is -0.389. The molecular formula is C17H27N5O2S. The van der Waals surface area contributed by atoms with Crippen LogP contribution in [0.25, 0.3) is 0 Å². The number of nitrogens with one attached hydrogen (secondary N) is 2. The molecule has 0 unspecified atom stereocenters. The van der Waals surface area contributed by atoms with Crippen molar-refractivity contribution in [1.29, 1.82) is 0 Å². The number of allylic oxidation sites excluding steroid dienone is 1. The molecule has 0 radical (unpaired) electrons. The molecule has 2 rings (SSSR count). The van der Waals surface area contributed by atoms with Crippen molar-refractivity contribution in [2.24, 2.45) is 4.99 Å². The molecule has 2 amide bonds. The summed E-state index contributed by atoms with van der Waals surface area (Å²) >= 11 is 1.39. The van der Waals surface area contributed by atoms with E-state index in [0.717, 1.165) is 16.3 Å². The third-order valence-electron chi connectivity index (χ3n) is 3.76. The van der Waals surface area contributed by atoms with Crippen molar-refractivity contribution in [3.63, 3.8) is 0 Å². The van der Waals surface area contributed by atoms with Crippen LogP contribution in [0.4, 0.5) is 9.93 Å². The number of thiazole rings is 1. The SMILES string of the molecule is Cc1nc(NC(=O)NC(C)(C)CO)sc1C1=NCN(C(C)(C)C)C=C1. The van der Waals surface area contributed by atoms with E-state index < -0.39 is 5.54 Å². The molecule has 1 aliphatic rings. The van der Waals surface area contributed by atoms with Gasteiger partial charge in [-0.1, -0.05) is 11.3 Å². The van der Waals surface area contributed by atoms with E-state index in [9.17, 15) is 9.90 Å². The normalized spacial score (nSPS) is 15.2. The van der Waals surface area contributed by atoms with Gasteiger partial charge in [0.2, 0.25) is 0 Å². The van der Waals surface area contributed by atoms with Gasteiger partial charge in [0.1, 0.15) is 6.67 Å². The number of amides is 2. The highest BCUT2D eigenvalue weighted by atomic mass is 32.1. The topological polar surface area (TPSA) is 89.8 Å². The Balaban J connectivity index is 2.07. The molecule has 138 valence electrons. The minimum absolute atomic E-state index is 0.0264. The number of aliphatic hydroxyl groups is 1. The van der Waals surface area contributed by atoms with E-state index in [-0.39, 0.29) is 18.2 Å². The van der Waals surface area contributed by atoms with Crippen molar-refractivity contribution >= 4 is 28.2 Å². The minimum atomic E-state index is -0.689. The quantitative estimate of drug-likeness (QED) is 0.765. The Morgan fingerprint density at radius 3 is 2.56 bits per heavy atom. The number of carbonyl (C=O) groups is 1. The van der Waals surface area contributed by atoms with Crippen molar-refractivity contribution in [2.75, 3.05) is 18.6 Å². The standard InChI is InChI=1S/C17H27N5O2S/c1-11-13(12-7-8-22(10-18-12)16(2,3)4)25-15(19-11)20-14(24)21-17(5,6)9-23/h7-8,23H,9-10H2,1-6H3,(H2,19,20,21,24). The minimum Gasteiger partial charge on any atom is -0.394 e. The van der Waals surface area contributed by atoms with E-state index in [2.05, 4.69) is 46.3 Å². The van der Waals surface area contributed by atoms with Gasteiger partial charge in [0.25, 0.3) is 0 Å². The number of aliphatic imine (C=N–C) groups is 1. The van der Waals surface area contributed by atoms with E-state index in [4.69, 9.17) is 0 Å². The van der Waals surface area contributed by atoms with Crippen LogP contribution < -0.4 is 10.6 Å². The number of rotatable bonds is 4. The molecule has 3 N–H and O–H groups in total. The first kappa shape index (κ1) is 19.4. The molecule has 0 aromatic carbocycles. The van der Waals surface area contributed by atoms with Gasteiger partial charge in [-0.2, -0.15) is 0 Å². The lowest BCUT2D eigenvalue weighted by molar-refractivity contribution is 0.187. The van der Waals surface area contributed by atoms with Crippen LogP contribution >= 0.6 is 11.3 Å². The van der Waals surface area contributed by atoms with Crippen molar-refractivity contribution < 1.29 is 9.90 Å². The Hall–Kier alpha value is -1.93. The van der Waals surface area contributed by atoms with Gasteiger partial charge in [-0.3, -0.25) is 10.3 Å². The zero-order valence-corrected chi connectivity index (χ0v) is 16.5. The maximum absolute atomic E-state index is 12.0. The number of nitrogens with zero attached hydrogens (tertiary/aromatic N) is 3. The predicted molar refractivity (Wildman–Crippen MR) is 102 cm³/mol. The van der Waals surface area contributed by atoms with Crippen LogP contribution in [0.2, 0.25) is 0 Å². The zero-order chi connectivity index (χ0) is 18.8. The first-order chi connectivity index (χ1) is 11.5. The second kappa shape index (κ2) is 7.13. The molecule has 0 aliphatic carbocycles. The maximum Gasteiger partial charge on any atom is 0.321 e. The second-order valence-electron chi connectivity index (χ2n) is 7.70. The van der Waals surface area contributed by atoms with E-state index in [1.54, 1.807) is 13.8 Å². The summed E-state index contributed by atoms with van der Waals surface area (Å²) in [6.45, 7) is 12.3. The molecule has 7 nitrogen and oxygen atoms in total. The molecular weight excluding hydrogens is 338 g/mol. The summed E-state index contributed by atoms with van der Waals surface area (Å²) in [6.07, 6.45) is 4.03. The summed E-state index contributed by atoms with van der Waals surface area (Å²) in [5.41, 5.74) is 1.04. The van der Waals surface area contributed by atoms with Gasteiger partial charge in [-0.15, -0.1) is 0 Å². The highest BCUT2D eigenvalue weighted by Gasteiger charge is 2.23. The lowest BCUT2D eigenvalue weighted by Gasteiger charge is -2.35.